The number of ketones is 2. The van der Waals surface area contributed by atoms with E-state index >= 15 is 0 Å². The minimum Gasteiger partial charge on any atom is -0.492 e. The highest BCUT2D eigenvalue weighted by Gasteiger charge is 2.40. The lowest BCUT2D eigenvalue weighted by Gasteiger charge is -2.34. The van der Waals surface area contributed by atoms with Gasteiger partial charge < -0.3 is 39.5 Å². The Labute approximate surface area is 252 Å². The minimum atomic E-state index is -0.980. The molecule has 12 nitrogen and oxygen atoms in total. The number of carbonyl (C=O) groups is 4. The summed E-state index contributed by atoms with van der Waals surface area (Å²) in [4.78, 5) is 51.5. The normalized spacial score (nSPS) is 33.0. The van der Waals surface area contributed by atoms with Gasteiger partial charge in [-0.15, -0.1) is 0 Å². The highest BCUT2D eigenvalue weighted by molar-refractivity contribution is 6.23. The Morgan fingerprint density at radius 2 is 1.63 bits per heavy atom. The first-order valence-corrected chi connectivity index (χ1v) is 13.9. The topological polar surface area (TPSA) is 162 Å². The van der Waals surface area contributed by atoms with Crippen molar-refractivity contribution in [1.82, 2.24) is 5.32 Å². The van der Waals surface area contributed by atoms with Crippen LogP contribution in [-0.4, -0.2) is 89.6 Å². The van der Waals surface area contributed by atoms with E-state index in [9.17, 15) is 19.2 Å². The molecule has 0 aromatic carbocycles. The zero-order chi connectivity index (χ0) is 32.4. The van der Waals surface area contributed by atoms with Crippen molar-refractivity contribution in [2.75, 3.05) is 35.5 Å². The Hall–Kier alpha value is -3.58. The molecule has 43 heavy (non-hydrogen) atoms. The maximum atomic E-state index is 13.7. The molecule has 0 saturated carbocycles. The summed E-state index contributed by atoms with van der Waals surface area (Å²) in [7, 11) is 7.29. The Balaban J connectivity index is 2.73. The average molecular weight is 605 g/mol. The number of Topliss-reactive ketones (excluding diaryl/α,β-unsaturated/α-hetero) is 1. The van der Waals surface area contributed by atoms with Crippen molar-refractivity contribution in [3.8, 4) is 0 Å². The highest BCUT2D eigenvalue weighted by Crippen LogP contribution is 2.32. The zero-order valence-corrected chi connectivity index (χ0v) is 26.3. The molecule has 2 rings (SSSR count). The second-order valence-corrected chi connectivity index (χ2v) is 10.6. The third-order valence-electron chi connectivity index (χ3n) is 7.60. The summed E-state index contributed by atoms with van der Waals surface area (Å²) in [5.41, 5.74) is 6.06. The molecule has 2 bridgehead atoms. The van der Waals surface area contributed by atoms with Gasteiger partial charge in [-0.3, -0.25) is 14.4 Å². The van der Waals surface area contributed by atoms with Gasteiger partial charge in [0.2, 0.25) is 11.6 Å². The Morgan fingerprint density at radius 1 is 0.953 bits per heavy atom. The molecule has 0 saturated heterocycles. The highest BCUT2D eigenvalue weighted by atomic mass is 16.6. The van der Waals surface area contributed by atoms with Crippen molar-refractivity contribution in [1.29, 1.82) is 0 Å². The van der Waals surface area contributed by atoms with E-state index in [1.807, 2.05) is 19.9 Å². The number of methoxy groups -OCH3 is 5. The molecule has 0 spiro atoms. The summed E-state index contributed by atoms with van der Waals surface area (Å²) in [5.74, 6) is -2.57. The van der Waals surface area contributed by atoms with E-state index in [2.05, 4.69) is 5.32 Å². The first-order valence-electron chi connectivity index (χ1n) is 13.9. The van der Waals surface area contributed by atoms with Crippen LogP contribution in [0, 0.1) is 11.8 Å². The van der Waals surface area contributed by atoms with Gasteiger partial charge in [0.05, 0.1) is 36.7 Å². The third-order valence-corrected chi connectivity index (χ3v) is 7.60. The molecule has 0 aromatic heterocycles. The number of carbonyl (C=O) groups excluding carboxylic acids is 4. The van der Waals surface area contributed by atoms with Crippen LogP contribution in [0.4, 0.5) is 4.79 Å². The summed E-state index contributed by atoms with van der Waals surface area (Å²) < 4.78 is 33.9. The number of hydrogen-bond acceptors (Lipinski definition) is 10. The largest absolute Gasteiger partial charge is 0.492 e. The van der Waals surface area contributed by atoms with E-state index in [1.165, 1.54) is 34.3 Å². The van der Waals surface area contributed by atoms with Gasteiger partial charge in [-0.25, -0.2) is 4.79 Å². The second-order valence-electron chi connectivity index (χ2n) is 10.6. The predicted octanol–water partition coefficient (Wildman–Crippen LogP) is 2.69. The molecule has 12 heteroatoms. The smallest absolute Gasteiger partial charge is 0.405 e. The molecule has 7 atom stereocenters. The van der Waals surface area contributed by atoms with Crippen LogP contribution in [0.5, 0.6) is 0 Å². The molecule has 1 aliphatic heterocycles. The number of primary amides is 1. The van der Waals surface area contributed by atoms with E-state index in [0.717, 1.165) is 6.08 Å². The van der Waals surface area contributed by atoms with Crippen LogP contribution in [0.2, 0.25) is 0 Å². The van der Waals surface area contributed by atoms with Gasteiger partial charge in [-0.1, -0.05) is 38.2 Å². The second kappa shape index (κ2) is 16.3. The zero-order valence-electron chi connectivity index (χ0n) is 26.3. The molecule has 0 fully saturated rings. The molecule has 1 aliphatic carbocycles. The number of rotatable bonds is 6. The first kappa shape index (κ1) is 35.6. The number of nitrogens with two attached hydrogens (primary N) is 1. The van der Waals surface area contributed by atoms with E-state index in [4.69, 9.17) is 34.2 Å². The SMILES string of the molecule is COC1=C2C(=O)C(=CC1=O)NC(=O)/C(C)=C\C=C\[C@H](OC)[C@@H](OC(N)=O)/C(C)=C/[C@H](C)[C@@H](OC)[C@@H](OC)C[C@H](C)[C@H]2OC. The first-order chi connectivity index (χ1) is 20.3. The fourth-order valence-corrected chi connectivity index (χ4v) is 5.46. The third kappa shape index (κ3) is 8.73. The number of ether oxygens (including phenoxy) is 6. The molecule has 2 amide bonds. The molecule has 0 unspecified atom stereocenters. The van der Waals surface area contributed by atoms with E-state index in [1.54, 1.807) is 33.3 Å². The van der Waals surface area contributed by atoms with Crippen LogP contribution in [0.25, 0.3) is 0 Å². The number of amides is 2. The van der Waals surface area contributed by atoms with Crippen molar-refractivity contribution in [2.45, 2.75) is 64.6 Å². The Kier molecular flexibility index (Phi) is 13.5. The molecule has 238 valence electrons. The standard InChI is InChI=1S/C31H44N2O10/c1-16-11-10-12-22(38-5)27(43-31(32)37)18(3)13-17(2)26(40-7)23(39-6)14-19(4)28(41-8)24-25(35)20(33-30(16)36)15-21(34)29(24)42-9/h10-13,15,17,19,22-23,26-28H,14H2,1-9H3,(H2,32,37)(H,33,36)/b12-10+,16-11-,18-13+/t17-,19-,22-,23-,26+,27-,28+/m0/s1. The lowest BCUT2D eigenvalue weighted by atomic mass is 9.83. The van der Waals surface area contributed by atoms with Crippen molar-refractivity contribution in [3.63, 3.8) is 0 Å². The van der Waals surface area contributed by atoms with Crippen LogP contribution in [0.15, 0.2) is 58.6 Å². The number of allylic oxidation sites excluding steroid dienone is 4. The number of hydrogen-bond donors (Lipinski definition) is 2. The summed E-state index contributed by atoms with van der Waals surface area (Å²) >= 11 is 0. The Morgan fingerprint density at radius 3 is 2.16 bits per heavy atom. The van der Waals surface area contributed by atoms with Crippen LogP contribution < -0.4 is 11.1 Å². The van der Waals surface area contributed by atoms with Gasteiger partial charge in [0.15, 0.2) is 11.9 Å². The van der Waals surface area contributed by atoms with Crippen molar-refractivity contribution in [3.05, 3.63) is 58.6 Å². The molecular formula is C31H44N2O10. The van der Waals surface area contributed by atoms with Gasteiger partial charge in [0.25, 0.3) is 5.91 Å². The fraction of sp³-hybridized carbons (Fsp3) is 0.548. The van der Waals surface area contributed by atoms with Crippen LogP contribution in [0.3, 0.4) is 0 Å². The summed E-state index contributed by atoms with van der Waals surface area (Å²) in [6, 6.07) is 0. The summed E-state index contributed by atoms with van der Waals surface area (Å²) in [6.07, 6.45) is 3.47. The van der Waals surface area contributed by atoms with Crippen molar-refractivity contribution < 1.29 is 47.6 Å². The van der Waals surface area contributed by atoms with Gasteiger partial charge in [0, 0.05) is 46.0 Å². The Bertz CT molecular complexity index is 1210. The van der Waals surface area contributed by atoms with E-state index in [0.29, 0.717) is 12.0 Å². The quantitative estimate of drug-likeness (QED) is 0.341. The van der Waals surface area contributed by atoms with Gasteiger partial charge in [-0.05, 0) is 31.8 Å². The van der Waals surface area contributed by atoms with Crippen LogP contribution in [0.1, 0.15) is 34.1 Å². The predicted molar refractivity (Wildman–Crippen MR) is 158 cm³/mol. The van der Waals surface area contributed by atoms with Crippen LogP contribution >= 0.6 is 0 Å². The maximum absolute atomic E-state index is 13.7. The molecule has 1 heterocycles. The van der Waals surface area contributed by atoms with Crippen molar-refractivity contribution >= 4 is 23.6 Å². The van der Waals surface area contributed by atoms with Crippen LogP contribution in [-0.2, 0) is 42.8 Å². The van der Waals surface area contributed by atoms with Gasteiger partial charge >= 0.3 is 6.09 Å². The van der Waals surface area contributed by atoms with E-state index in [-0.39, 0.29) is 34.4 Å². The van der Waals surface area contributed by atoms with Gasteiger partial charge in [0.1, 0.15) is 6.10 Å². The fourth-order valence-electron chi connectivity index (χ4n) is 5.46. The van der Waals surface area contributed by atoms with Crippen molar-refractivity contribution in [2.24, 2.45) is 17.6 Å². The van der Waals surface area contributed by atoms with E-state index < -0.39 is 54.1 Å². The molecular weight excluding hydrogens is 560 g/mol. The minimum absolute atomic E-state index is 0.00160. The number of nitrogens with one attached hydrogen (secondary N) is 1. The lowest BCUT2D eigenvalue weighted by Crippen LogP contribution is -2.42. The molecule has 3 N–H and O–H groups in total. The lowest BCUT2D eigenvalue weighted by molar-refractivity contribution is -0.122. The van der Waals surface area contributed by atoms with Gasteiger partial charge in [-0.2, -0.15) is 0 Å². The number of fused-ring (bicyclic) bond motifs is 2. The average Bonchev–Trinajstić information content (AvgIpc) is 2.95. The molecule has 0 radical (unpaired) electrons. The monoisotopic (exact) mass is 604 g/mol. The molecule has 2 aliphatic rings. The summed E-state index contributed by atoms with van der Waals surface area (Å²) in [6.45, 7) is 7.11. The molecule has 0 aromatic rings. The maximum Gasteiger partial charge on any atom is 0.405 e. The summed E-state index contributed by atoms with van der Waals surface area (Å²) in [5, 5.41) is 2.54.